The molecule has 0 aromatic rings. The molecule has 10 heavy (non-hydrogen) atoms. The Hall–Kier alpha value is 0.250. The molecule has 0 aliphatic heterocycles. The minimum atomic E-state index is 0.319. The van der Waals surface area contributed by atoms with Gasteiger partial charge in [-0.1, -0.05) is 19.8 Å². The molecule has 1 nitrogen and oxygen atoms in total. The first-order chi connectivity index (χ1) is 4.81. The molecule has 0 saturated heterocycles. The molecule has 0 fully saturated rings. The van der Waals surface area contributed by atoms with Crippen LogP contribution in [0.5, 0.6) is 0 Å². The van der Waals surface area contributed by atoms with Crippen LogP contribution >= 0.6 is 11.6 Å². The number of rotatable bonds is 6. The molecule has 1 atom stereocenters. The van der Waals surface area contributed by atoms with E-state index < -0.39 is 0 Å². The van der Waals surface area contributed by atoms with Crippen molar-refractivity contribution in [3.05, 3.63) is 0 Å². The predicted octanol–water partition coefficient (Wildman–Crippen LogP) is 2.82. The van der Waals surface area contributed by atoms with Crippen molar-refractivity contribution in [2.75, 3.05) is 13.7 Å². The highest BCUT2D eigenvalue weighted by Crippen LogP contribution is 2.10. The molecule has 0 saturated carbocycles. The molecule has 0 radical (unpaired) electrons. The lowest BCUT2D eigenvalue weighted by Crippen LogP contribution is -2.02. The van der Waals surface area contributed by atoms with Crippen LogP contribution in [-0.4, -0.2) is 19.1 Å². The molecule has 0 spiro atoms. The summed E-state index contributed by atoms with van der Waals surface area (Å²) >= 11 is 5.96. The summed E-state index contributed by atoms with van der Waals surface area (Å²) in [5.41, 5.74) is 0. The van der Waals surface area contributed by atoms with Crippen molar-refractivity contribution in [1.82, 2.24) is 0 Å². The lowest BCUT2D eigenvalue weighted by atomic mass is 10.1. The van der Waals surface area contributed by atoms with Gasteiger partial charge in [-0.3, -0.25) is 0 Å². The van der Waals surface area contributed by atoms with Gasteiger partial charge in [0.2, 0.25) is 0 Å². The van der Waals surface area contributed by atoms with Crippen molar-refractivity contribution >= 4 is 11.6 Å². The van der Waals surface area contributed by atoms with Gasteiger partial charge in [-0.15, -0.1) is 11.6 Å². The Morgan fingerprint density at radius 3 is 2.60 bits per heavy atom. The molecule has 0 aromatic heterocycles. The van der Waals surface area contributed by atoms with Gasteiger partial charge in [0.25, 0.3) is 0 Å². The Morgan fingerprint density at radius 2 is 2.10 bits per heavy atom. The number of alkyl halides is 1. The van der Waals surface area contributed by atoms with Gasteiger partial charge < -0.3 is 4.74 Å². The molecule has 0 aliphatic rings. The SMILES string of the molecule is CCCC[C@@H](Cl)CCOC. The first-order valence-electron chi connectivity index (χ1n) is 3.94. The van der Waals surface area contributed by atoms with E-state index in [1.807, 2.05) is 0 Å². The number of methoxy groups -OCH3 is 1. The average Bonchev–Trinajstić information content (AvgIpc) is 1.97. The van der Waals surface area contributed by atoms with Gasteiger partial charge in [0.05, 0.1) is 0 Å². The molecular weight excluding hydrogens is 148 g/mol. The van der Waals surface area contributed by atoms with E-state index in [1.54, 1.807) is 7.11 Å². The van der Waals surface area contributed by atoms with Crippen LogP contribution < -0.4 is 0 Å². The Bertz CT molecular complexity index is 58.3. The number of hydrogen-bond acceptors (Lipinski definition) is 1. The number of ether oxygens (including phenoxy) is 1. The van der Waals surface area contributed by atoms with Gasteiger partial charge in [0.1, 0.15) is 0 Å². The smallest absolute Gasteiger partial charge is 0.0476 e. The monoisotopic (exact) mass is 164 g/mol. The lowest BCUT2D eigenvalue weighted by molar-refractivity contribution is 0.193. The second-order valence-electron chi connectivity index (χ2n) is 2.52. The Labute approximate surface area is 68.7 Å². The van der Waals surface area contributed by atoms with E-state index in [9.17, 15) is 0 Å². The van der Waals surface area contributed by atoms with Crippen molar-refractivity contribution in [2.45, 2.75) is 38.0 Å². The summed E-state index contributed by atoms with van der Waals surface area (Å²) in [6.07, 6.45) is 4.58. The summed E-state index contributed by atoms with van der Waals surface area (Å²) in [5, 5.41) is 0.319. The first-order valence-corrected chi connectivity index (χ1v) is 4.38. The van der Waals surface area contributed by atoms with Gasteiger partial charge in [-0.05, 0) is 12.8 Å². The molecule has 0 rings (SSSR count). The van der Waals surface area contributed by atoms with E-state index in [0.29, 0.717) is 5.38 Å². The lowest BCUT2D eigenvalue weighted by Gasteiger charge is -2.06. The van der Waals surface area contributed by atoms with E-state index in [0.717, 1.165) is 19.4 Å². The average molecular weight is 165 g/mol. The summed E-state index contributed by atoms with van der Waals surface area (Å²) in [5.74, 6) is 0. The largest absolute Gasteiger partial charge is 0.385 e. The zero-order chi connectivity index (χ0) is 7.82. The topological polar surface area (TPSA) is 9.23 Å². The minimum Gasteiger partial charge on any atom is -0.385 e. The summed E-state index contributed by atoms with van der Waals surface area (Å²) in [6.45, 7) is 2.97. The third-order valence-electron chi connectivity index (χ3n) is 1.51. The summed E-state index contributed by atoms with van der Waals surface area (Å²) in [4.78, 5) is 0. The molecule has 0 aliphatic carbocycles. The number of halogens is 1. The van der Waals surface area contributed by atoms with Crippen LogP contribution in [0.2, 0.25) is 0 Å². The van der Waals surface area contributed by atoms with Crippen LogP contribution in [0.4, 0.5) is 0 Å². The van der Waals surface area contributed by atoms with Crippen LogP contribution in [0, 0.1) is 0 Å². The van der Waals surface area contributed by atoms with Crippen molar-refractivity contribution in [1.29, 1.82) is 0 Å². The van der Waals surface area contributed by atoms with Crippen LogP contribution in [0.25, 0.3) is 0 Å². The highest BCUT2D eigenvalue weighted by atomic mass is 35.5. The second kappa shape index (κ2) is 7.36. The van der Waals surface area contributed by atoms with Crippen molar-refractivity contribution in [3.8, 4) is 0 Å². The Balaban J connectivity index is 3.00. The second-order valence-corrected chi connectivity index (χ2v) is 3.14. The maximum atomic E-state index is 5.96. The third-order valence-corrected chi connectivity index (χ3v) is 1.94. The normalized spacial score (nSPS) is 13.5. The van der Waals surface area contributed by atoms with E-state index in [2.05, 4.69) is 6.92 Å². The summed E-state index contributed by atoms with van der Waals surface area (Å²) in [7, 11) is 1.71. The molecule has 0 unspecified atom stereocenters. The molecule has 2 heteroatoms. The van der Waals surface area contributed by atoms with Crippen molar-refractivity contribution < 1.29 is 4.74 Å². The molecule has 0 aromatic carbocycles. The fraction of sp³-hybridized carbons (Fsp3) is 1.00. The molecule has 0 N–H and O–H groups in total. The fourth-order valence-electron chi connectivity index (χ4n) is 0.816. The van der Waals surface area contributed by atoms with Crippen LogP contribution in [0.1, 0.15) is 32.6 Å². The molecule has 0 bridgehead atoms. The maximum absolute atomic E-state index is 5.96. The molecule has 62 valence electrons. The fourth-order valence-corrected chi connectivity index (χ4v) is 1.06. The van der Waals surface area contributed by atoms with Crippen molar-refractivity contribution in [3.63, 3.8) is 0 Å². The van der Waals surface area contributed by atoms with E-state index in [4.69, 9.17) is 16.3 Å². The van der Waals surface area contributed by atoms with E-state index in [-0.39, 0.29) is 0 Å². The molecule has 0 amide bonds. The maximum Gasteiger partial charge on any atom is 0.0476 e. The zero-order valence-electron chi connectivity index (χ0n) is 6.90. The van der Waals surface area contributed by atoms with Gasteiger partial charge in [0, 0.05) is 19.1 Å². The van der Waals surface area contributed by atoms with Crippen LogP contribution in [0.15, 0.2) is 0 Å². The highest BCUT2D eigenvalue weighted by Gasteiger charge is 2.01. The third kappa shape index (κ3) is 6.37. The Kier molecular flexibility index (Phi) is 7.54. The quantitative estimate of drug-likeness (QED) is 0.549. The van der Waals surface area contributed by atoms with Crippen LogP contribution in [0.3, 0.4) is 0 Å². The summed E-state index contributed by atoms with van der Waals surface area (Å²) in [6, 6.07) is 0. The standard InChI is InChI=1S/C8H17ClO/c1-3-4-5-8(9)6-7-10-2/h8H,3-7H2,1-2H3/t8-/m1/s1. The van der Waals surface area contributed by atoms with E-state index >= 15 is 0 Å². The number of hydrogen-bond donors (Lipinski definition) is 0. The van der Waals surface area contributed by atoms with Crippen LogP contribution in [-0.2, 0) is 4.74 Å². The van der Waals surface area contributed by atoms with Gasteiger partial charge >= 0.3 is 0 Å². The zero-order valence-corrected chi connectivity index (χ0v) is 7.66. The van der Waals surface area contributed by atoms with Gasteiger partial charge in [-0.2, -0.15) is 0 Å². The van der Waals surface area contributed by atoms with Gasteiger partial charge in [-0.25, -0.2) is 0 Å². The minimum absolute atomic E-state index is 0.319. The molecule has 0 heterocycles. The predicted molar refractivity (Wildman–Crippen MR) is 45.7 cm³/mol. The molecular formula is C8H17ClO. The Morgan fingerprint density at radius 1 is 1.40 bits per heavy atom. The van der Waals surface area contributed by atoms with Gasteiger partial charge in [0.15, 0.2) is 0 Å². The first kappa shape index (κ1) is 10.2. The van der Waals surface area contributed by atoms with E-state index in [1.165, 1.54) is 12.8 Å². The number of unbranched alkanes of at least 4 members (excludes halogenated alkanes) is 1. The highest BCUT2D eigenvalue weighted by molar-refractivity contribution is 6.20. The van der Waals surface area contributed by atoms with Crippen molar-refractivity contribution in [2.24, 2.45) is 0 Å². The summed E-state index contributed by atoms with van der Waals surface area (Å²) < 4.78 is 4.91.